The molecule has 7 heteroatoms. The van der Waals surface area contributed by atoms with Crippen molar-refractivity contribution < 1.29 is 23.2 Å². The fourth-order valence-corrected chi connectivity index (χ4v) is 2.86. The first kappa shape index (κ1) is 17.5. The molecule has 0 aromatic heterocycles. The molecule has 1 aliphatic rings. The first-order chi connectivity index (χ1) is 12.4. The van der Waals surface area contributed by atoms with E-state index in [-0.39, 0.29) is 35.6 Å². The van der Waals surface area contributed by atoms with Crippen molar-refractivity contribution in [3.8, 4) is 0 Å². The van der Waals surface area contributed by atoms with Crippen LogP contribution in [-0.4, -0.2) is 35.6 Å². The first-order valence-corrected chi connectivity index (χ1v) is 7.73. The van der Waals surface area contributed by atoms with Crippen LogP contribution in [0.3, 0.4) is 0 Å². The molecule has 0 saturated carbocycles. The van der Waals surface area contributed by atoms with Crippen LogP contribution in [0.2, 0.25) is 0 Å². The summed E-state index contributed by atoms with van der Waals surface area (Å²) in [6, 6.07) is 11.0. The predicted octanol–water partition coefficient (Wildman–Crippen LogP) is 1.93. The van der Waals surface area contributed by atoms with Crippen LogP contribution in [-0.2, 0) is 9.59 Å². The summed E-state index contributed by atoms with van der Waals surface area (Å²) in [4.78, 5) is 37.7. The Hall–Kier alpha value is -3.35. The van der Waals surface area contributed by atoms with Crippen LogP contribution in [0.4, 0.5) is 8.78 Å². The van der Waals surface area contributed by atoms with E-state index in [0.717, 1.165) is 17.0 Å². The Morgan fingerprint density at radius 3 is 2.23 bits per heavy atom. The molecule has 132 valence electrons. The number of carbonyl (C=O) groups excluding carboxylic acids is 3. The summed E-state index contributed by atoms with van der Waals surface area (Å²) in [5.74, 6) is -3.76. The summed E-state index contributed by atoms with van der Waals surface area (Å²) in [7, 11) is 0. The number of nitrogens with two attached hydrogens (primary N) is 1. The molecule has 5 nitrogen and oxygen atoms in total. The molecule has 0 aliphatic carbocycles. The van der Waals surface area contributed by atoms with E-state index in [1.54, 1.807) is 30.3 Å². The summed E-state index contributed by atoms with van der Waals surface area (Å²) in [6.07, 6.45) is 0. The lowest BCUT2D eigenvalue weighted by Gasteiger charge is -2.16. The lowest BCUT2D eigenvalue weighted by atomic mass is 10.0. The number of halogens is 2. The molecule has 0 unspecified atom stereocenters. The minimum atomic E-state index is -1.01. The molecule has 0 saturated heterocycles. The number of amides is 2. The predicted molar refractivity (Wildman–Crippen MR) is 89.8 cm³/mol. The van der Waals surface area contributed by atoms with Gasteiger partial charge in [-0.2, -0.15) is 0 Å². The van der Waals surface area contributed by atoms with E-state index < -0.39 is 23.4 Å². The maximum atomic E-state index is 13.5. The largest absolute Gasteiger partial charge is 0.365 e. The van der Waals surface area contributed by atoms with Crippen LogP contribution in [0.15, 0.2) is 54.1 Å². The van der Waals surface area contributed by atoms with Crippen LogP contribution in [0.1, 0.15) is 15.9 Å². The molecular weight excluding hydrogens is 342 g/mol. The second-order valence-electron chi connectivity index (χ2n) is 5.83. The van der Waals surface area contributed by atoms with Gasteiger partial charge in [-0.25, -0.2) is 8.78 Å². The monoisotopic (exact) mass is 356 g/mol. The Morgan fingerprint density at radius 2 is 1.65 bits per heavy atom. The highest BCUT2D eigenvalue weighted by molar-refractivity contribution is 6.26. The van der Waals surface area contributed by atoms with Crippen molar-refractivity contribution in [3.05, 3.63) is 76.9 Å². The summed E-state index contributed by atoms with van der Waals surface area (Å²) in [5, 5.41) is 0. The Kier molecular flexibility index (Phi) is 4.62. The molecule has 3 rings (SSSR count). The van der Waals surface area contributed by atoms with Crippen LogP contribution in [0.25, 0.3) is 5.57 Å². The third kappa shape index (κ3) is 3.37. The number of Topliss-reactive ketones (excluding diaryl/α,β-unsaturated/α-hetero) is 1. The van der Waals surface area contributed by atoms with Crippen LogP contribution in [0.5, 0.6) is 0 Å². The molecule has 0 fully saturated rings. The second-order valence-corrected chi connectivity index (χ2v) is 5.83. The topological polar surface area (TPSA) is 80.5 Å². The number of rotatable bonds is 5. The third-order valence-corrected chi connectivity index (χ3v) is 4.04. The molecule has 2 amide bonds. The second kappa shape index (κ2) is 6.87. The van der Waals surface area contributed by atoms with Gasteiger partial charge < -0.3 is 10.6 Å². The van der Waals surface area contributed by atoms with Crippen molar-refractivity contribution in [1.29, 1.82) is 0 Å². The van der Waals surface area contributed by atoms with Gasteiger partial charge in [-0.3, -0.25) is 14.4 Å². The quantitative estimate of drug-likeness (QED) is 0.657. The van der Waals surface area contributed by atoms with E-state index in [4.69, 9.17) is 5.73 Å². The van der Waals surface area contributed by atoms with E-state index in [0.29, 0.717) is 11.6 Å². The minimum Gasteiger partial charge on any atom is -0.365 e. The molecule has 0 radical (unpaired) electrons. The minimum absolute atomic E-state index is 0.0410. The smallest absolute Gasteiger partial charge is 0.260 e. The zero-order valence-corrected chi connectivity index (χ0v) is 13.5. The van der Waals surface area contributed by atoms with Gasteiger partial charge in [0.25, 0.3) is 11.8 Å². The van der Waals surface area contributed by atoms with Crippen molar-refractivity contribution in [1.82, 2.24) is 4.90 Å². The normalized spacial score (nSPS) is 14.1. The summed E-state index contributed by atoms with van der Waals surface area (Å²) in [6.45, 7) is -0.417. The zero-order chi connectivity index (χ0) is 18.8. The summed E-state index contributed by atoms with van der Waals surface area (Å²) in [5.41, 5.74) is 5.46. The van der Waals surface area contributed by atoms with Gasteiger partial charge >= 0.3 is 0 Å². The highest BCUT2D eigenvalue weighted by Crippen LogP contribution is 2.29. The van der Waals surface area contributed by atoms with E-state index in [1.165, 1.54) is 0 Å². The first-order valence-electron chi connectivity index (χ1n) is 7.73. The fourth-order valence-electron chi connectivity index (χ4n) is 2.86. The van der Waals surface area contributed by atoms with Crippen molar-refractivity contribution in [2.45, 2.75) is 0 Å². The SMILES string of the molecule is NC(=O)C1=C(c2cc(F)cc(F)c2)CN(CC(=O)c2ccccc2)C1=O. The molecule has 1 heterocycles. The maximum absolute atomic E-state index is 13.5. The Morgan fingerprint density at radius 1 is 1.04 bits per heavy atom. The average Bonchev–Trinajstić information content (AvgIpc) is 2.91. The van der Waals surface area contributed by atoms with E-state index in [9.17, 15) is 23.2 Å². The molecule has 26 heavy (non-hydrogen) atoms. The lowest BCUT2D eigenvalue weighted by Crippen LogP contribution is -2.34. The molecule has 0 spiro atoms. The standard InChI is InChI=1S/C19H14F2N2O3/c20-13-6-12(7-14(21)8-13)15-9-23(19(26)17(15)18(22)25)10-16(24)11-4-2-1-3-5-11/h1-8H,9-10H2,(H2,22,25). The third-order valence-electron chi connectivity index (χ3n) is 4.04. The van der Waals surface area contributed by atoms with E-state index in [2.05, 4.69) is 0 Å². The Bertz CT molecular complexity index is 919. The van der Waals surface area contributed by atoms with Crippen molar-refractivity contribution >= 4 is 23.2 Å². The van der Waals surface area contributed by atoms with Crippen LogP contribution >= 0.6 is 0 Å². The maximum Gasteiger partial charge on any atom is 0.260 e. The number of hydrogen-bond donors (Lipinski definition) is 1. The number of hydrogen-bond acceptors (Lipinski definition) is 3. The highest BCUT2D eigenvalue weighted by atomic mass is 19.1. The van der Waals surface area contributed by atoms with Gasteiger partial charge in [-0.05, 0) is 23.3 Å². The fraction of sp³-hybridized carbons (Fsp3) is 0.105. The molecular formula is C19H14F2N2O3. The Labute approximate surface area is 147 Å². The number of nitrogens with zero attached hydrogens (tertiary/aromatic N) is 1. The molecule has 2 N–H and O–H groups in total. The number of carbonyl (C=O) groups is 3. The van der Waals surface area contributed by atoms with Gasteiger partial charge in [-0.1, -0.05) is 30.3 Å². The molecule has 0 bridgehead atoms. The lowest BCUT2D eigenvalue weighted by molar-refractivity contribution is -0.127. The summed E-state index contributed by atoms with van der Waals surface area (Å²) < 4.78 is 27.0. The van der Waals surface area contributed by atoms with Gasteiger partial charge in [0.2, 0.25) is 0 Å². The van der Waals surface area contributed by atoms with Crippen LogP contribution < -0.4 is 5.73 Å². The van der Waals surface area contributed by atoms with Gasteiger partial charge in [0.15, 0.2) is 5.78 Å². The summed E-state index contributed by atoms with van der Waals surface area (Å²) >= 11 is 0. The molecule has 1 aliphatic heterocycles. The van der Waals surface area contributed by atoms with Crippen molar-refractivity contribution in [2.24, 2.45) is 5.73 Å². The van der Waals surface area contributed by atoms with Crippen molar-refractivity contribution in [3.63, 3.8) is 0 Å². The van der Waals surface area contributed by atoms with Gasteiger partial charge in [0.05, 0.1) is 6.54 Å². The van der Waals surface area contributed by atoms with Gasteiger partial charge in [0.1, 0.15) is 17.2 Å². The van der Waals surface area contributed by atoms with E-state index in [1.807, 2.05) is 0 Å². The molecule has 0 atom stereocenters. The van der Waals surface area contributed by atoms with Crippen molar-refractivity contribution in [2.75, 3.05) is 13.1 Å². The molecule has 2 aromatic carbocycles. The zero-order valence-electron chi connectivity index (χ0n) is 13.5. The number of ketones is 1. The average molecular weight is 356 g/mol. The Balaban J connectivity index is 1.91. The number of benzene rings is 2. The van der Waals surface area contributed by atoms with E-state index >= 15 is 0 Å². The van der Waals surface area contributed by atoms with Gasteiger partial charge in [-0.15, -0.1) is 0 Å². The van der Waals surface area contributed by atoms with Crippen LogP contribution in [0, 0.1) is 11.6 Å². The highest BCUT2D eigenvalue weighted by Gasteiger charge is 2.35. The number of primary amides is 1. The molecule has 2 aromatic rings. The van der Waals surface area contributed by atoms with Gasteiger partial charge in [0, 0.05) is 18.2 Å².